The van der Waals surface area contributed by atoms with Gasteiger partial charge in [0.05, 0.1) is 15.7 Å². The minimum Gasteiger partial charge on any atom is -0.260 e. The number of aromatic nitrogens is 1. The molecule has 3 heteroatoms. The third-order valence-corrected chi connectivity index (χ3v) is 2.51. The van der Waals surface area contributed by atoms with Crippen LogP contribution in [-0.2, 0) is 6.42 Å². The van der Waals surface area contributed by atoms with Crippen LogP contribution < -0.4 is 0 Å². The first kappa shape index (κ1) is 9.82. The summed E-state index contributed by atoms with van der Waals surface area (Å²) in [5, 5.41) is 1.20. The van der Waals surface area contributed by atoms with Crippen LogP contribution in [0, 0.1) is 0 Å². The van der Waals surface area contributed by atoms with Crippen LogP contribution >= 0.6 is 23.2 Å². The number of hydrogen-bond donors (Lipinski definition) is 0. The Bertz CT molecular complexity index is 261. The molecule has 0 radical (unpaired) electrons. The second-order valence-electron chi connectivity index (χ2n) is 2.66. The van der Waals surface area contributed by atoms with Gasteiger partial charge in [0.25, 0.3) is 0 Å². The molecule has 12 heavy (non-hydrogen) atoms. The maximum Gasteiger partial charge on any atom is 0.0807 e. The first-order chi connectivity index (χ1) is 5.75. The molecule has 0 aliphatic rings. The van der Waals surface area contributed by atoms with E-state index < -0.39 is 0 Å². The van der Waals surface area contributed by atoms with Gasteiger partial charge >= 0.3 is 0 Å². The van der Waals surface area contributed by atoms with Crippen LogP contribution in [0.15, 0.2) is 12.3 Å². The quantitative estimate of drug-likeness (QED) is 0.730. The van der Waals surface area contributed by atoms with Crippen LogP contribution in [0.1, 0.15) is 25.5 Å². The van der Waals surface area contributed by atoms with Crippen molar-refractivity contribution >= 4 is 23.2 Å². The van der Waals surface area contributed by atoms with E-state index in [1.165, 1.54) is 0 Å². The molecule has 1 aromatic heterocycles. The molecule has 1 aromatic rings. The summed E-state index contributed by atoms with van der Waals surface area (Å²) in [6, 6.07) is 1.71. The molecule has 0 unspecified atom stereocenters. The van der Waals surface area contributed by atoms with Gasteiger partial charge in [0.2, 0.25) is 0 Å². The van der Waals surface area contributed by atoms with E-state index in [4.69, 9.17) is 23.2 Å². The van der Waals surface area contributed by atoms with E-state index in [2.05, 4.69) is 11.9 Å². The molecule has 0 fully saturated rings. The first-order valence-corrected chi connectivity index (χ1v) is 4.80. The van der Waals surface area contributed by atoms with E-state index >= 15 is 0 Å². The zero-order chi connectivity index (χ0) is 8.97. The van der Waals surface area contributed by atoms with E-state index in [0.29, 0.717) is 10.0 Å². The average Bonchev–Trinajstić information content (AvgIpc) is 2.08. The number of nitrogens with zero attached hydrogens (tertiary/aromatic N) is 1. The van der Waals surface area contributed by atoms with Gasteiger partial charge in [-0.3, -0.25) is 4.98 Å². The van der Waals surface area contributed by atoms with Crippen molar-refractivity contribution in [2.24, 2.45) is 0 Å². The molecule has 1 nitrogen and oxygen atoms in total. The highest BCUT2D eigenvalue weighted by Gasteiger charge is 2.04. The summed E-state index contributed by atoms with van der Waals surface area (Å²) in [4.78, 5) is 4.16. The van der Waals surface area contributed by atoms with Crippen LogP contribution in [0.4, 0.5) is 0 Å². The number of unbranched alkanes of at least 4 members (excludes halogenated alkanes) is 1. The Morgan fingerprint density at radius 2 is 2.17 bits per heavy atom. The van der Waals surface area contributed by atoms with Gasteiger partial charge in [-0.15, -0.1) is 0 Å². The molecule has 0 bridgehead atoms. The lowest BCUT2D eigenvalue weighted by Crippen LogP contribution is -1.90. The Balaban J connectivity index is 2.78. The molecule has 0 N–H and O–H groups in total. The van der Waals surface area contributed by atoms with Gasteiger partial charge in [-0.2, -0.15) is 0 Å². The van der Waals surface area contributed by atoms with E-state index in [-0.39, 0.29) is 0 Å². The SMILES string of the molecule is CCCCc1nccc(Cl)c1Cl. The zero-order valence-corrected chi connectivity index (χ0v) is 8.49. The Kier molecular flexibility index (Phi) is 3.83. The molecule has 66 valence electrons. The van der Waals surface area contributed by atoms with Crippen molar-refractivity contribution in [3.8, 4) is 0 Å². The summed E-state index contributed by atoms with van der Waals surface area (Å²) in [6.45, 7) is 2.14. The van der Waals surface area contributed by atoms with Crippen molar-refractivity contribution in [2.45, 2.75) is 26.2 Å². The molecule has 1 heterocycles. The van der Waals surface area contributed by atoms with Crippen molar-refractivity contribution in [3.05, 3.63) is 28.0 Å². The highest BCUT2D eigenvalue weighted by molar-refractivity contribution is 6.42. The number of aryl methyl sites for hydroxylation is 1. The molecule has 0 spiro atoms. The normalized spacial score (nSPS) is 10.2. The van der Waals surface area contributed by atoms with Gasteiger partial charge in [0.15, 0.2) is 0 Å². The Morgan fingerprint density at radius 1 is 1.42 bits per heavy atom. The molecule has 0 amide bonds. The molecule has 1 rings (SSSR count). The highest BCUT2D eigenvalue weighted by atomic mass is 35.5. The minimum absolute atomic E-state index is 0.595. The second-order valence-corrected chi connectivity index (χ2v) is 3.44. The van der Waals surface area contributed by atoms with Crippen LogP contribution in [0.3, 0.4) is 0 Å². The summed E-state index contributed by atoms with van der Waals surface area (Å²) in [7, 11) is 0. The number of halogens is 2. The van der Waals surface area contributed by atoms with Gasteiger partial charge in [-0.05, 0) is 18.9 Å². The molecule has 0 aliphatic carbocycles. The van der Waals surface area contributed by atoms with Crippen molar-refractivity contribution in [1.82, 2.24) is 4.98 Å². The standard InChI is InChI=1S/C9H11Cl2N/c1-2-3-4-8-9(11)7(10)5-6-12-8/h5-6H,2-4H2,1H3. The molecular weight excluding hydrogens is 193 g/mol. The first-order valence-electron chi connectivity index (χ1n) is 4.04. The second kappa shape index (κ2) is 4.68. The maximum atomic E-state index is 5.93. The number of rotatable bonds is 3. The van der Waals surface area contributed by atoms with Crippen molar-refractivity contribution < 1.29 is 0 Å². The van der Waals surface area contributed by atoms with Gasteiger partial charge in [0.1, 0.15) is 0 Å². The van der Waals surface area contributed by atoms with Crippen LogP contribution in [0.2, 0.25) is 10.0 Å². The topological polar surface area (TPSA) is 12.9 Å². The zero-order valence-electron chi connectivity index (χ0n) is 6.98. The molecule has 0 atom stereocenters. The number of hydrogen-bond acceptors (Lipinski definition) is 1. The summed E-state index contributed by atoms with van der Waals surface area (Å²) >= 11 is 11.8. The predicted octanol–water partition coefficient (Wildman–Crippen LogP) is 3.73. The van der Waals surface area contributed by atoms with Gasteiger partial charge in [0, 0.05) is 6.20 Å². The third-order valence-electron chi connectivity index (χ3n) is 1.68. The molecule has 0 saturated heterocycles. The maximum absolute atomic E-state index is 5.93. The smallest absolute Gasteiger partial charge is 0.0807 e. The van der Waals surface area contributed by atoms with E-state index in [9.17, 15) is 0 Å². The van der Waals surface area contributed by atoms with E-state index in [1.807, 2.05) is 0 Å². The van der Waals surface area contributed by atoms with Gasteiger partial charge in [-0.1, -0.05) is 36.5 Å². The van der Waals surface area contributed by atoms with Crippen LogP contribution in [-0.4, -0.2) is 4.98 Å². The Hall–Kier alpha value is -0.270. The fourth-order valence-electron chi connectivity index (χ4n) is 0.979. The third kappa shape index (κ3) is 2.36. The van der Waals surface area contributed by atoms with Crippen LogP contribution in [0.5, 0.6) is 0 Å². The lowest BCUT2D eigenvalue weighted by Gasteiger charge is -2.02. The van der Waals surface area contributed by atoms with E-state index in [1.54, 1.807) is 12.3 Å². The largest absolute Gasteiger partial charge is 0.260 e. The average molecular weight is 204 g/mol. The Morgan fingerprint density at radius 3 is 2.83 bits per heavy atom. The van der Waals surface area contributed by atoms with Crippen molar-refractivity contribution in [2.75, 3.05) is 0 Å². The fraction of sp³-hybridized carbons (Fsp3) is 0.444. The fourth-order valence-corrected chi connectivity index (χ4v) is 1.35. The highest BCUT2D eigenvalue weighted by Crippen LogP contribution is 2.24. The van der Waals surface area contributed by atoms with Crippen molar-refractivity contribution in [1.29, 1.82) is 0 Å². The summed E-state index contributed by atoms with van der Waals surface area (Å²) in [6.07, 6.45) is 4.85. The molecule has 0 aliphatic heterocycles. The van der Waals surface area contributed by atoms with E-state index in [0.717, 1.165) is 25.0 Å². The monoisotopic (exact) mass is 203 g/mol. The molecular formula is C9H11Cl2N. The summed E-state index contributed by atoms with van der Waals surface area (Å²) < 4.78 is 0. The number of pyridine rings is 1. The lowest BCUT2D eigenvalue weighted by molar-refractivity contribution is 0.777. The molecule has 0 saturated carbocycles. The summed E-state index contributed by atoms with van der Waals surface area (Å²) in [5.41, 5.74) is 0.908. The van der Waals surface area contributed by atoms with Crippen molar-refractivity contribution in [3.63, 3.8) is 0 Å². The minimum atomic E-state index is 0.595. The molecule has 0 aromatic carbocycles. The summed E-state index contributed by atoms with van der Waals surface area (Å²) in [5.74, 6) is 0. The van der Waals surface area contributed by atoms with Crippen LogP contribution in [0.25, 0.3) is 0 Å². The van der Waals surface area contributed by atoms with Gasteiger partial charge < -0.3 is 0 Å². The Labute approximate surface area is 82.7 Å². The van der Waals surface area contributed by atoms with Gasteiger partial charge in [-0.25, -0.2) is 0 Å². The lowest BCUT2D eigenvalue weighted by atomic mass is 10.2. The predicted molar refractivity (Wildman–Crippen MR) is 52.9 cm³/mol.